The van der Waals surface area contributed by atoms with Crippen molar-refractivity contribution in [1.29, 1.82) is 0 Å². The molecule has 0 saturated carbocycles. The van der Waals surface area contributed by atoms with Crippen molar-refractivity contribution in [2.24, 2.45) is 0 Å². The van der Waals surface area contributed by atoms with Crippen molar-refractivity contribution in [3.05, 3.63) is 35.4 Å². The highest BCUT2D eigenvalue weighted by Crippen LogP contribution is 2.35. The van der Waals surface area contributed by atoms with Crippen LogP contribution in [0.5, 0.6) is 0 Å². The van der Waals surface area contributed by atoms with Gasteiger partial charge in [-0.15, -0.1) is 12.4 Å². The molecular formula is C14H20ClF3N2. The van der Waals surface area contributed by atoms with Crippen molar-refractivity contribution in [3.63, 3.8) is 0 Å². The Morgan fingerprint density at radius 3 is 2.35 bits per heavy atom. The summed E-state index contributed by atoms with van der Waals surface area (Å²) in [5, 5.41) is 3.18. The predicted octanol–water partition coefficient (Wildman–Crippen LogP) is 3.32. The largest absolute Gasteiger partial charge is 0.390 e. The molecule has 0 spiro atoms. The summed E-state index contributed by atoms with van der Waals surface area (Å²) in [6.45, 7) is 4.70. The number of hydrogen-bond acceptors (Lipinski definition) is 2. The van der Waals surface area contributed by atoms with Crippen LogP contribution in [0.25, 0.3) is 0 Å². The molecule has 2 nitrogen and oxygen atoms in total. The lowest BCUT2D eigenvalue weighted by molar-refractivity contribution is -0.148. The summed E-state index contributed by atoms with van der Waals surface area (Å²) in [4.78, 5) is 1.94. The van der Waals surface area contributed by atoms with Gasteiger partial charge in [0.05, 0.1) is 6.42 Å². The Hall–Kier alpha value is -0.780. The first kappa shape index (κ1) is 17.3. The van der Waals surface area contributed by atoms with Crippen LogP contribution in [0, 0.1) is 6.92 Å². The van der Waals surface area contributed by atoms with Crippen LogP contribution in [0.1, 0.15) is 23.6 Å². The van der Waals surface area contributed by atoms with Gasteiger partial charge in [0.1, 0.15) is 0 Å². The molecule has 1 aromatic carbocycles. The van der Waals surface area contributed by atoms with E-state index in [1.54, 1.807) is 0 Å². The molecule has 0 bridgehead atoms. The number of nitrogens with one attached hydrogen (secondary N) is 1. The van der Waals surface area contributed by atoms with Crippen molar-refractivity contribution in [1.82, 2.24) is 10.2 Å². The van der Waals surface area contributed by atoms with E-state index in [-0.39, 0.29) is 12.4 Å². The molecule has 0 amide bonds. The second-order valence-corrected chi connectivity index (χ2v) is 4.98. The SMILES string of the molecule is Cc1ccccc1[C@H](CC(F)(F)F)N1CCNCC1.Cl. The van der Waals surface area contributed by atoms with Gasteiger partial charge in [0.2, 0.25) is 0 Å². The van der Waals surface area contributed by atoms with Crippen LogP contribution in [0.3, 0.4) is 0 Å². The smallest absolute Gasteiger partial charge is 0.314 e. The van der Waals surface area contributed by atoms with Gasteiger partial charge in [0, 0.05) is 32.2 Å². The molecule has 1 N–H and O–H groups in total. The molecule has 1 atom stereocenters. The lowest BCUT2D eigenvalue weighted by Crippen LogP contribution is -2.46. The molecule has 1 aromatic rings. The quantitative estimate of drug-likeness (QED) is 0.921. The summed E-state index contributed by atoms with van der Waals surface area (Å²) in [7, 11) is 0. The maximum Gasteiger partial charge on any atom is 0.390 e. The Balaban J connectivity index is 0.00000200. The van der Waals surface area contributed by atoms with E-state index in [0.29, 0.717) is 13.1 Å². The van der Waals surface area contributed by atoms with Crippen LogP contribution in [0.4, 0.5) is 13.2 Å². The molecule has 20 heavy (non-hydrogen) atoms. The molecule has 0 unspecified atom stereocenters. The maximum absolute atomic E-state index is 12.8. The minimum Gasteiger partial charge on any atom is -0.314 e. The lowest BCUT2D eigenvalue weighted by atomic mass is 9.96. The van der Waals surface area contributed by atoms with Gasteiger partial charge in [-0.3, -0.25) is 4.90 Å². The van der Waals surface area contributed by atoms with Crippen molar-refractivity contribution in [2.75, 3.05) is 26.2 Å². The van der Waals surface area contributed by atoms with Crippen LogP contribution >= 0.6 is 12.4 Å². The van der Waals surface area contributed by atoms with Crippen LogP contribution in [0.2, 0.25) is 0 Å². The minimum absolute atomic E-state index is 0. The van der Waals surface area contributed by atoms with Gasteiger partial charge in [-0.1, -0.05) is 24.3 Å². The Morgan fingerprint density at radius 1 is 1.20 bits per heavy atom. The summed E-state index contributed by atoms with van der Waals surface area (Å²) in [5.41, 5.74) is 1.72. The fraction of sp³-hybridized carbons (Fsp3) is 0.571. The van der Waals surface area contributed by atoms with Crippen LogP contribution < -0.4 is 5.32 Å². The molecule has 1 aliphatic heterocycles. The average molecular weight is 309 g/mol. The molecule has 0 aromatic heterocycles. The van der Waals surface area contributed by atoms with Crippen LogP contribution in [-0.4, -0.2) is 37.3 Å². The van der Waals surface area contributed by atoms with Crippen molar-refractivity contribution < 1.29 is 13.2 Å². The zero-order valence-corrected chi connectivity index (χ0v) is 12.2. The molecule has 0 aliphatic carbocycles. The van der Waals surface area contributed by atoms with E-state index in [2.05, 4.69) is 5.32 Å². The van der Waals surface area contributed by atoms with Crippen molar-refractivity contribution >= 4 is 12.4 Å². The van der Waals surface area contributed by atoms with E-state index in [1.165, 1.54) is 0 Å². The molecule has 1 aliphatic rings. The fourth-order valence-electron chi connectivity index (χ4n) is 2.61. The topological polar surface area (TPSA) is 15.3 Å². The first-order valence-corrected chi connectivity index (χ1v) is 6.54. The van der Waals surface area contributed by atoms with E-state index in [1.807, 2.05) is 36.1 Å². The molecule has 6 heteroatoms. The molecule has 0 radical (unpaired) electrons. The first-order valence-electron chi connectivity index (χ1n) is 6.54. The van der Waals surface area contributed by atoms with Gasteiger partial charge in [0.15, 0.2) is 0 Å². The maximum atomic E-state index is 12.8. The highest BCUT2D eigenvalue weighted by molar-refractivity contribution is 5.85. The lowest BCUT2D eigenvalue weighted by Gasteiger charge is -2.36. The number of alkyl halides is 3. The second-order valence-electron chi connectivity index (χ2n) is 4.98. The van der Waals surface area contributed by atoms with Crippen LogP contribution in [0.15, 0.2) is 24.3 Å². The summed E-state index contributed by atoms with van der Waals surface area (Å²) >= 11 is 0. The third-order valence-corrected chi connectivity index (χ3v) is 3.56. The molecular weight excluding hydrogens is 289 g/mol. The Morgan fingerprint density at radius 2 is 1.80 bits per heavy atom. The number of rotatable bonds is 3. The van der Waals surface area contributed by atoms with E-state index in [4.69, 9.17) is 0 Å². The number of benzene rings is 1. The summed E-state index contributed by atoms with van der Waals surface area (Å²) in [6, 6.07) is 6.80. The van der Waals surface area contributed by atoms with Gasteiger partial charge in [-0.25, -0.2) is 0 Å². The van der Waals surface area contributed by atoms with Gasteiger partial charge >= 0.3 is 6.18 Å². The third-order valence-electron chi connectivity index (χ3n) is 3.56. The molecule has 1 fully saturated rings. The predicted molar refractivity (Wildman–Crippen MR) is 76.3 cm³/mol. The van der Waals surface area contributed by atoms with Crippen molar-refractivity contribution in [2.45, 2.75) is 25.6 Å². The summed E-state index contributed by atoms with van der Waals surface area (Å²) in [6.07, 6.45) is -4.92. The van der Waals surface area contributed by atoms with E-state index >= 15 is 0 Å². The third kappa shape index (κ3) is 4.65. The zero-order chi connectivity index (χ0) is 13.9. The molecule has 114 valence electrons. The Kier molecular flexibility index (Phi) is 6.30. The summed E-state index contributed by atoms with van der Waals surface area (Å²) < 4.78 is 38.5. The van der Waals surface area contributed by atoms with Gasteiger partial charge in [0.25, 0.3) is 0 Å². The molecule has 1 heterocycles. The number of nitrogens with zero attached hydrogens (tertiary/aromatic N) is 1. The zero-order valence-electron chi connectivity index (χ0n) is 11.4. The van der Waals surface area contributed by atoms with E-state index in [9.17, 15) is 13.2 Å². The number of aryl methyl sites for hydroxylation is 1. The number of halogens is 4. The molecule has 1 saturated heterocycles. The van der Waals surface area contributed by atoms with Crippen molar-refractivity contribution in [3.8, 4) is 0 Å². The summed E-state index contributed by atoms with van der Waals surface area (Å²) in [5.74, 6) is 0. The first-order chi connectivity index (χ1) is 8.97. The van der Waals surface area contributed by atoms with Gasteiger partial charge < -0.3 is 5.32 Å². The highest BCUT2D eigenvalue weighted by atomic mass is 35.5. The van der Waals surface area contributed by atoms with E-state index in [0.717, 1.165) is 24.2 Å². The monoisotopic (exact) mass is 308 g/mol. The number of hydrogen-bond donors (Lipinski definition) is 1. The standard InChI is InChI=1S/C14H19F3N2.ClH/c1-11-4-2-3-5-12(11)13(10-14(15,16)17)19-8-6-18-7-9-19;/h2-5,13,18H,6-10H2,1H3;1H/t13-;/m0./s1. The van der Waals surface area contributed by atoms with Gasteiger partial charge in [-0.2, -0.15) is 13.2 Å². The second kappa shape index (κ2) is 7.29. The van der Waals surface area contributed by atoms with E-state index < -0.39 is 18.6 Å². The van der Waals surface area contributed by atoms with Gasteiger partial charge in [-0.05, 0) is 18.1 Å². The van der Waals surface area contributed by atoms with Crippen LogP contribution in [-0.2, 0) is 0 Å². The minimum atomic E-state index is -4.14. The Bertz CT molecular complexity index is 417. The Labute approximate surface area is 123 Å². The number of piperazine rings is 1. The fourth-order valence-corrected chi connectivity index (χ4v) is 2.61. The average Bonchev–Trinajstić information content (AvgIpc) is 2.37. The molecule has 2 rings (SSSR count). The highest BCUT2D eigenvalue weighted by Gasteiger charge is 2.36. The normalized spacial score (nSPS) is 18.4.